The molecular weight excluding hydrogens is 461 g/mol. The van der Waals surface area contributed by atoms with Crippen LogP contribution in [0, 0.1) is 0 Å². The van der Waals surface area contributed by atoms with Gasteiger partial charge in [0.2, 0.25) is 5.95 Å². The molecule has 1 aromatic rings. The molecule has 0 aliphatic carbocycles. The average Bonchev–Trinajstić information content (AvgIpc) is 2.65. The molecule has 1 fully saturated rings. The second kappa shape index (κ2) is 11.8. The number of thioether (sulfide) groups is 1. The first-order valence-corrected chi connectivity index (χ1v) is 10.0. The summed E-state index contributed by atoms with van der Waals surface area (Å²) in [4.78, 5) is 17.7. The number of anilines is 1. The van der Waals surface area contributed by atoms with E-state index >= 15 is 0 Å². The highest BCUT2D eigenvalue weighted by atomic mass is 127. The van der Waals surface area contributed by atoms with Crippen LogP contribution in [0.4, 0.5) is 5.95 Å². The number of hydrogen-bond donors (Lipinski definition) is 2. The highest BCUT2D eigenvalue weighted by Gasteiger charge is 2.19. The molecule has 0 spiro atoms. The molecule has 1 aliphatic rings. The molecule has 1 aliphatic heterocycles. The van der Waals surface area contributed by atoms with Crippen LogP contribution in [0.15, 0.2) is 23.5 Å². The van der Waals surface area contributed by atoms with Crippen molar-refractivity contribution in [3.8, 4) is 0 Å². The summed E-state index contributed by atoms with van der Waals surface area (Å²) < 4.78 is 0.202. The second-order valence-electron chi connectivity index (χ2n) is 6.69. The number of halogens is 1. The highest BCUT2D eigenvalue weighted by Crippen LogP contribution is 2.19. The molecule has 0 bridgehead atoms. The van der Waals surface area contributed by atoms with Crippen LogP contribution < -0.4 is 15.5 Å². The van der Waals surface area contributed by atoms with Gasteiger partial charge < -0.3 is 15.5 Å². The lowest BCUT2D eigenvalue weighted by atomic mass is 10.2. The quantitative estimate of drug-likeness (QED) is 0.339. The van der Waals surface area contributed by atoms with Gasteiger partial charge in [-0.1, -0.05) is 0 Å². The second-order valence-corrected chi connectivity index (χ2v) is 8.21. The summed E-state index contributed by atoms with van der Waals surface area (Å²) in [5.41, 5.74) is 0. The summed E-state index contributed by atoms with van der Waals surface area (Å²) in [7, 11) is 1.82. The van der Waals surface area contributed by atoms with Gasteiger partial charge in [-0.15, -0.1) is 24.0 Å². The molecule has 2 heterocycles. The Bertz CT molecular complexity index is 533. The molecule has 1 aromatic heterocycles. The summed E-state index contributed by atoms with van der Waals surface area (Å²) in [6.45, 7) is 11.3. The number of rotatable bonds is 7. The Morgan fingerprint density at radius 2 is 1.85 bits per heavy atom. The van der Waals surface area contributed by atoms with Crippen molar-refractivity contribution < 1.29 is 0 Å². The zero-order chi connectivity index (χ0) is 18.1. The molecule has 0 saturated carbocycles. The monoisotopic (exact) mass is 493 g/mol. The van der Waals surface area contributed by atoms with E-state index in [0.29, 0.717) is 0 Å². The zero-order valence-electron chi connectivity index (χ0n) is 16.2. The molecule has 1 saturated heterocycles. The maximum Gasteiger partial charge on any atom is 0.225 e. The molecule has 2 N–H and O–H groups in total. The van der Waals surface area contributed by atoms with Gasteiger partial charge in [0.05, 0.1) is 0 Å². The van der Waals surface area contributed by atoms with Gasteiger partial charge in [-0.05, 0) is 26.2 Å². The van der Waals surface area contributed by atoms with Gasteiger partial charge in [-0.2, -0.15) is 11.8 Å². The van der Waals surface area contributed by atoms with E-state index in [4.69, 9.17) is 0 Å². The Kier molecular flexibility index (Phi) is 10.6. The summed E-state index contributed by atoms with van der Waals surface area (Å²) in [6, 6.07) is 1.85. The number of nitrogens with one attached hydrogen (secondary N) is 2. The minimum atomic E-state index is 0. The van der Waals surface area contributed by atoms with Crippen LogP contribution in [-0.2, 0) is 0 Å². The molecule has 0 atom stereocenters. The molecule has 0 amide bonds. The highest BCUT2D eigenvalue weighted by molar-refractivity contribution is 14.0. The maximum atomic E-state index is 4.33. The molecule has 148 valence electrons. The van der Waals surface area contributed by atoms with Crippen LogP contribution in [0.5, 0.6) is 0 Å². The van der Waals surface area contributed by atoms with Crippen molar-refractivity contribution in [1.82, 2.24) is 25.5 Å². The smallest absolute Gasteiger partial charge is 0.225 e. The molecule has 9 heteroatoms. The lowest BCUT2D eigenvalue weighted by Gasteiger charge is -2.34. The normalized spacial score (nSPS) is 16.2. The summed E-state index contributed by atoms with van der Waals surface area (Å²) >= 11 is 1.86. The van der Waals surface area contributed by atoms with Gasteiger partial charge in [0.15, 0.2) is 5.96 Å². The number of aliphatic imine (C=N–C) groups is 1. The molecule has 0 radical (unpaired) electrons. The number of hydrogen-bond acceptors (Lipinski definition) is 6. The SMILES string of the molecule is CN=C(NCCN1CCN(c2ncccn2)CC1)NCC(C)(C)SC.I. The van der Waals surface area contributed by atoms with E-state index in [1.807, 2.05) is 24.9 Å². The largest absolute Gasteiger partial charge is 0.355 e. The number of guanidine groups is 1. The maximum absolute atomic E-state index is 4.33. The molecule has 2 rings (SSSR count). The zero-order valence-corrected chi connectivity index (χ0v) is 19.4. The lowest BCUT2D eigenvalue weighted by Crippen LogP contribution is -2.50. The topological polar surface area (TPSA) is 68.7 Å². The van der Waals surface area contributed by atoms with Crippen LogP contribution >= 0.6 is 35.7 Å². The summed E-state index contributed by atoms with van der Waals surface area (Å²) in [6.07, 6.45) is 5.74. The number of aromatic nitrogens is 2. The Labute approximate surface area is 178 Å². The Balaban J connectivity index is 0.00000338. The number of piperazine rings is 1. The van der Waals surface area contributed by atoms with E-state index in [1.165, 1.54) is 0 Å². The van der Waals surface area contributed by atoms with Crippen LogP contribution in [0.2, 0.25) is 0 Å². The Morgan fingerprint density at radius 1 is 1.19 bits per heavy atom. The van der Waals surface area contributed by atoms with E-state index in [1.54, 1.807) is 12.4 Å². The third kappa shape index (κ3) is 7.83. The fourth-order valence-corrected chi connectivity index (χ4v) is 2.76. The Hall–Kier alpha value is -0.810. The molecule has 7 nitrogen and oxygen atoms in total. The third-order valence-corrected chi connectivity index (χ3v) is 5.64. The van der Waals surface area contributed by atoms with Crippen LogP contribution in [-0.4, -0.2) is 84.7 Å². The van der Waals surface area contributed by atoms with Crippen molar-refractivity contribution in [2.75, 3.05) is 64.0 Å². The summed E-state index contributed by atoms with van der Waals surface area (Å²) in [5.74, 6) is 1.71. The van der Waals surface area contributed by atoms with E-state index < -0.39 is 0 Å². The fourth-order valence-electron chi connectivity index (χ4n) is 2.55. The van der Waals surface area contributed by atoms with Crippen molar-refractivity contribution in [2.24, 2.45) is 4.99 Å². The van der Waals surface area contributed by atoms with Gasteiger partial charge in [0.1, 0.15) is 0 Å². The van der Waals surface area contributed by atoms with Crippen molar-refractivity contribution >= 4 is 47.6 Å². The minimum absolute atomic E-state index is 0. The van der Waals surface area contributed by atoms with Crippen molar-refractivity contribution in [2.45, 2.75) is 18.6 Å². The van der Waals surface area contributed by atoms with Gasteiger partial charge in [0, 0.05) is 70.0 Å². The summed E-state index contributed by atoms with van der Waals surface area (Å²) in [5, 5.41) is 6.81. The minimum Gasteiger partial charge on any atom is -0.355 e. The molecule has 0 unspecified atom stereocenters. The van der Waals surface area contributed by atoms with Crippen LogP contribution in [0.1, 0.15) is 13.8 Å². The predicted molar refractivity (Wildman–Crippen MR) is 123 cm³/mol. The molecular formula is C17H32IN7S. The number of nitrogens with zero attached hydrogens (tertiary/aromatic N) is 5. The Morgan fingerprint density at radius 3 is 2.42 bits per heavy atom. The first-order valence-electron chi connectivity index (χ1n) is 8.78. The first-order chi connectivity index (χ1) is 12.0. The van der Waals surface area contributed by atoms with Crippen LogP contribution in [0.3, 0.4) is 0 Å². The fraction of sp³-hybridized carbons (Fsp3) is 0.706. The van der Waals surface area contributed by atoms with Crippen molar-refractivity contribution in [3.05, 3.63) is 18.5 Å². The van der Waals surface area contributed by atoms with Crippen molar-refractivity contribution in [3.63, 3.8) is 0 Å². The van der Waals surface area contributed by atoms with E-state index in [2.05, 4.69) is 55.5 Å². The van der Waals surface area contributed by atoms with Crippen molar-refractivity contribution in [1.29, 1.82) is 0 Å². The lowest BCUT2D eigenvalue weighted by molar-refractivity contribution is 0.260. The van der Waals surface area contributed by atoms with Gasteiger partial charge >= 0.3 is 0 Å². The molecule has 0 aromatic carbocycles. The van der Waals surface area contributed by atoms with Gasteiger partial charge in [-0.25, -0.2) is 9.97 Å². The molecule has 26 heavy (non-hydrogen) atoms. The van der Waals surface area contributed by atoms with E-state index in [0.717, 1.165) is 57.7 Å². The van der Waals surface area contributed by atoms with Gasteiger partial charge in [-0.3, -0.25) is 9.89 Å². The van der Waals surface area contributed by atoms with Gasteiger partial charge in [0.25, 0.3) is 0 Å². The standard InChI is InChI=1S/C17H31N7S.HI/c1-17(2,25-4)14-22-15(18-3)19-8-9-23-10-12-24(13-11-23)16-20-6-5-7-21-16;/h5-7H,8-14H2,1-4H3,(H2,18,19,22);1H. The predicted octanol–water partition coefficient (Wildman–Crippen LogP) is 1.52. The third-order valence-electron chi connectivity index (χ3n) is 4.39. The van der Waals surface area contributed by atoms with Crippen LogP contribution in [0.25, 0.3) is 0 Å². The average molecular weight is 493 g/mol. The van der Waals surface area contributed by atoms with E-state index in [9.17, 15) is 0 Å². The van der Waals surface area contributed by atoms with E-state index in [-0.39, 0.29) is 28.7 Å². The first kappa shape index (κ1) is 23.2.